The standard InChI is InChI=1S/C17H18N4/c18-14-6-5-12-10-21(11-13(12)9-14)8-7-17-19-15-3-1-2-4-16(15)20-17/h1-6,9H,7-8,10-11,18H2,(H,19,20). The maximum absolute atomic E-state index is 5.85. The van der Waals surface area contributed by atoms with Gasteiger partial charge in [0.2, 0.25) is 0 Å². The zero-order valence-corrected chi connectivity index (χ0v) is 11.8. The maximum Gasteiger partial charge on any atom is 0.108 e. The van der Waals surface area contributed by atoms with Crippen LogP contribution < -0.4 is 5.73 Å². The Morgan fingerprint density at radius 3 is 2.86 bits per heavy atom. The Kier molecular flexibility index (Phi) is 2.89. The molecule has 0 radical (unpaired) electrons. The number of aromatic amines is 1. The predicted molar refractivity (Wildman–Crippen MR) is 84.8 cm³/mol. The fourth-order valence-electron chi connectivity index (χ4n) is 3.03. The van der Waals surface area contributed by atoms with Crippen LogP contribution in [0, 0.1) is 0 Å². The second-order valence-electron chi connectivity index (χ2n) is 5.69. The van der Waals surface area contributed by atoms with Crippen molar-refractivity contribution in [1.29, 1.82) is 0 Å². The van der Waals surface area contributed by atoms with E-state index >= 15 is 0 Å². The molecule has 21 heavy (non-hydrogen) atoms. The Labute approximate surface area is 123 Å². The van der Waals surface area contributed by atoms with Crippen molar-refractivity contribution in [3.8, 4) is 0 Å². The Morgan fingerprint density at radius 2 is 1.95 bits per heavy atom. The molecule has 106 valence electrons. The van der Waals surface area contributed by atoms with Gasteiger partial charge in [0.05, 0.1) is 11.0 Å². The Bertz CT molecular complexity index is 757. The maximum atomic E-state index is 5.85. The van der Waals surface area contributed by atoms with Crippen LogP contribution in [0.15, 0.2) is 42.5 Å². The van der Waals surface area contributed by atoms with E-state index in [1.54, 1.807) is 0 Å². The molecule has 0 bridgehead atoms. The van der Waals surface area contributed by atoms with Gasteiger partial charge in [0.15, 0.2) is 0 Å². The van der Waals surface area contributed by atoms with Crippen LogP contribution in [0.3, 0.4) is 0 Å². The third-order valence-electron chi connectivity index (χ3n) is 4.12. The summed E-state index contributed by atoms with van der Waals surface area (Å²) in [6.07, 6.45) is 0.943. The predicted octanol–water partition coefficient (Wildman–Crippen LogP) is 2.70. The second-order valence-corrected chi connectivity index (χ2v) is 5.69. The van der Waals surface area contributed by atoms with Crippen molar-refractivity contribution >= 4 is 16.7 Å². The number of benzene rings is 2. The van der Waals surface area contributed by atoms with Crippen molar-refractivity contribution in [3.63, 3.8) is 0 Å². The largest absolute Gasteiger partial charge is 0.399 e. The number of rotatable bonds is 3. The normalized spacial score (nSPS) is 14.7. The quantitative estimate of drug-likeness (QED) is 0.724. The van der Waals surface area contributed by atoms with E-state index in [4.69, 9.17) is 5.73 Å². The molecule has 1 aliphatic rings. The number of fused-ring (bicyclic) bond motifs is 2. The fraction of sp³-hybridized carbons (Fsp3) is 0.235. The van der Waals surface area contributed by atoms with Gasteiger partial charge in [0.1, 0.15) is 5.82 Å². The summed E-state index contributed by atoms with van der Waals surface area (Å²) < 4.78 is 0. The van der Waals surface area contributed by atoms with Gasteiger partial charge in [0.25, 0.3) is 0 Å². The first-order valence-corrected chi connectivity index (χ1v) is 7.31. The zero-order valence-electron chi connectivity index (χ0n) is 11.8. The van der Waals surface area contributed by atoms with E-state index in [9.17, 15) is 0 Å². The van der Waals surface area contributed by atoms with Gasteiger partial charge in [-0.3, -0.25) is 4.90 Å². The van der Waals surface area contributed by atoms with Crippen LogP contribution in [0.4, 0.5) is 5.69 Å². The molecule has 4 rings (SSSR count). The molecular formula is C17H18N4. The Balaban J connectivity index is 1.44. The summed E-state index contributed by atoms with van der Waals surface area (Å²) in [4.78, 5) is 10.5. The molecule has 0 aliphatic carbocycles. The highest BCUT2D eigenvalue weighted by Crippen LogP contribution is 2.24. The van der Waals surface area contributed by atoms with Gasteiger partial charge in [0, 0.05) is 31.7 Å². The van der Waals surface area contributed by atoms with Crippen LogP contribution in [-0.2, 0) is 19.5 Å². The smallest absolute Gasteiger partial charge is 0.108 e. The molecule has 2 aromatic carbocycles. The topological polar surface area (TPSA) is 57.9 Å². The van der Waals surface area contributed by atoms with Gasteiger partial charge in [-0.05, 0) is 35.4 Å². The average Bonchev–Trinajstić information content (AvgIpc) is 3.07. The van der Waals surface area contributed by atoms with Crippen molar-refractivity contribution in [3.05, 3.63) is 59.4 Å². The monoisotopic (exact) mass is 278 g/mol. The molecule has 1 aromatic heterocycles. The number of para-hydroxylation sites is 2. The van der Waals surface area contributed by atoms with Gasteiger partial charge in [-0.15, -0.1) is 0 Å². The van der Waals surface area contributed by atoms with Crippen LogP contribution in [0.1, 0.15) is 17.0 Å². The van der Waals surface area contributed by atoms with Gasteiger partial charge < -0.3 is 10.7 Å². The Morgan fingerprint density at radius 1 is 1.10 bits per heavy atom. The highest BCUT2D eigenvalue weighted by Gasteiger charge is 2.18. The summed E-state index contributed by atoms with van der Waals surface area (Å²) in [5.41, 5.74) is 11.6. The number of H-pyrrole nitrogens is 1. The van der Waals surface area contributed by atoms with Crippen molar-refractivity contribution in [2.24, 2.45) is 0 Å². The van der Waals surface area contributed by atoms with Crippen LogP contribution in [0.5, 0.6) is 0 Å². The van der Waals surface area contributed by atoms with Crippen LogP contribution in [-0.4, -0.2) is 21.4 Å². The molecular weight excluding hydrogens is 260 g/mol. The zero-order chi connectivity index (χ0) is 14.2. The van der Waals surface area contributed by atoms with Crippen LogP contribution >= 0.6 is 0 Å². The lowest BCUT2D eigenvalue weighted by Gasteiger charge is -2.13. The van der Waals surface area contributed by atoms with Crippen molar-refractivity contribution in [2.75, 3.05) is 12.3 Å². The third kappa shape index (κ3) is 2.38. The molecule has 0 amide bonds. The number of nitrogens with zero attached hydrogens (tertiary/aromatic N) is 2. The van der Waals surface area contributed by atoms with Crippen molar-refractivity contribution in [2.45, 2.75) is 19.5 Å². The van der Waals surface area contributed by atoms with E-state index in [1.165, 1.54) is 11.1 Å². The summed E-state index contributed by atoms with van der Waals surface area (Å²) in [7, 11) is 0. The third-order valence-corrected chi connectivity index (χ3v) is 4.12. The van der Waals surface area contributed by atoms with Gasteiger partial charge >= 0.3 is 0 Å². The number of anilines is 1. The summed E-state index contributed by atoms with van der Waals surface area (Å²) in [5, 5.41) is 0. The van der Waals surface area contributed by atoms with E-state index in [0.717, 1.165) is 48.6 Å². The highest BCUT2D eigenvalue weighted by molar-refractivity contribution is 5.74. The van der Waals surface area contributed by atoms with E-state index < -0.39 is 0 Å². The first kappa shape index (κ1) is 12.4. The lowest BCUT2D eigenvalue weighted by Crippen LogP contribution is -2.19. The minimum absolute atomic E-state index is 0.855. The second kappa shape index (κ2) is 4.90. The lowest BCUT2D eigenvalue weighted by molar-refractivity contribution is 0.286. The summed E-state index contributed by atoms with van der Waals surface area (Å²) in [5.74, 6) is 1.06. The number of imidazole rings is 1. The first-order chi connectivity index (χ1) is 10.3. The molecule has 0 spiro atoms. The molecule has 0 atom stereocenters. The summed E-state index contributed by atoms with van der Waals surface area (Å²) >= 11 is 0. The molecule has 0 unspecified atom stereocenters. The van der Waals surface area contributed by atoms with Gasteiger partial charge in [-0.1, -0.05) is 18.2 Å². The van der Waals surface area contributed by atoms with Crippen molar-refractivity contribution in [1.82, 2.24) is 14.9 Å². The molecule has 3 aromatic rings. The molecule has 0 fully saturated rings. The van der Waals surface area contributed by atoms with Gasteiger partial charge in [-0.2, -0.15) is 0 Å². The molecule has 4 heteroatoms. The molecule has 0 saturated carbocycles. The minimum Gasteiger partial charge on any atom is -0.399 e. The van der Waals surface area contributed by atoms with E-state index in [1.807, 2.05) is 24.3 Å². The number of aromatic nitrogens is 2. The Hall–Kier alpha value is -2.33. The number of hydrogen-bond donors (Lipinski definition) is 2. The molecule has 4 nitrogen and oxygen atoms in total. The van der Waals surface area contributed by atoms with Crippen molar-refractivity contribution < 1.29 is 0 Å². The average molecular weight is 278 g/mol. The molecule has 0 saturated heterocycles. The molecule has 1 aliphatic heterocycles. The lowest BCUT2D eigenvalue weighted by atomic mass is 10.1. The first-order valence-electron chi connectivity index (χ1n) is 7.31. The van der Waals surface area contributed by atoms with Gasteiger partial charge in [-0.25, -0.2) is 4.98 Å². The fourth-order valence-corrected chi connectivity index (χ4v) is 3.03. The highest BCUT2D eigenvalue weighted by atomic mass is 15.1. The molecule has 3 N–H and O–H groups in total. The number of nitrogens with two attached hydrogens (primary N) is 1. The number of nitrogen functional groups attached to an aromatic ring is 1. The number of hydrogen-bond acceptors (Lipinski definition) is 3. The van der Waals surface area contributed by atoms with E-state index in [2.05, 4.69) is 33.1 Å². The SMILES string of the molecule is Nc1ccc2c(c1)CN(CCc1nc3ccccc3[nH]1)C2. The van der Waals surface area contributed by atoms with E-state index in [-0.39, 0.29) is 0 Å². The van der Waals surface area contributed by atoms with Crippen LogP contribution in [0.2, 0.25) is 0 Å². The number of nitrogens with one attached hydrogen (secondary N) is 1. The summed E-state index contributed by atoms with van der Waals surface area (Å²) in [6, 6.07) is 14.4. The van der Waals surface area contributed by atoms with Crippen LogP contribution in [0.25, 0.3) is 11.0 Å². The minimum atomic E-state index is 0.855. The van der Waals surface area contributed by atoms with E-state index in [0.29, 0.717) is 0 Å². The molecule has 2 heterocycles. The summed E-state index contributed by atoms with van der Waals surface area (Å²) in [6.45, 7) is 3.00.